The van der Waals surface area contributed by atoms with Gasteiger partial charge in [-0.15, -0.1) is 0 Å². The van der Waals surface area contributed by atoms with Crippen LogP contribution in [0, 0.1) is 5.92 Å². The molecule has 0 amide bonds. The highest BCUT2D eigenvalue weighted by atomic mass is 32.1. The summed E-state index contributed by atoms with van der Waals surface area (Å²) >= 11 is 5.10. The number of likely N-dealkylation sites (tertiary alicyclic amines) is 1. The van der Waals surface area contributed by atoms with Crippen molar-refractivity contribution >= 4 is 17.2 Å². The average Bonchev–Trinajstić information content (AvgIpc) is 2.90. The molecule has 4 heteroatoms. The van der Waals surface area contributed by atoms with E-state index < -0.39 is 0 Å². The molecular formula is C17H24N2OS. The van der Waals surface area contributed by atoms with Crippen molar-refractivity contribution in [3.05, 3.63) is 29.3 Å². The van der Waals surface area contributed by atoms with Crippen molar-refractivity contribution in [2.75, 3.05) is 13.7 Å². The number of ether oxygens (including phenoxy) is 1. The highest BCUT2D eigenvalue weighted by Crippen LogP contribution is 2.37. The van der Waals surface area contributed by atoms with Crippen molar-refractivity contribution in [2.24, 2.45) is 11.7 Å². The van der Waals surface area contributed by atoms with E-state index in [1.165, 1.54) is 44.2 Å². The number of fused-ring (bicyclic) bond motifs is 1. The highest BCUT2D eigenvalue weighted by molar-refractivity contribution is 7.80. The lowest BCUT2D eigenvalue weighted by molar-refractivity contribution is 0.174. The number of rotatable bonds is 4. The molecule has 1 aromatic rings. The van der Waals surface area contributed by atoms with Crippen molar-refractivity contribution in [3.8, 4) is 5.75 Å². The Morgan fingerprint density at radius 2 is 2.14 bits per heavy atom. The van der Waals surface area contributed by atoms with Crippen LogP contribution < -0.4 is 10.5 Å². The normalized spacial score (nSPS) is 25.6. The lowest BCUT2D eigenvalue weighted by atomic mass is 9.85. The monoisotopic (exact) mass is 304 g/mol. The SMILES string of the molecule is COc1ccc(C(N)=S)cc1CN1CCC2CCCCC21. The third-order valence-corrected chi connectivity index (χ3v) is 5.30. The molecule has 1 heterocycles. The van der Waals surface area contributed by atoms with E-state index >= 15 is 0 Å². The van der Waals surface area contributed by atoms with Gasteiger partial charge in [-0.05, 0) is 49.9 Å². The Bertz CT molecular complexity index is 532. The topological polar surface area (TPSA) is 38.5 Å². The second kappa shape index (κ2) is 6.32. The Hall–Kier alpha value is -1.13. The maximum absolute atomic E-state index is 5.77. The number of thiocarbonyl (C=S) groups is 1. The minimum Gasteiger partial charge on any atom is -0.496 e. The molecule has 2 fully saturated rings. The fourth-order valence-corrected chi connectivity index (χ4v) is 4.10. The number of hydrogen-bond acceptors (Lipinski definition) is 3. The number of benzene rings is 1. The Morgan fingerprint density at radius 1 is 1.33 bits per heavy atom. The Kier molecular flexibility index (Phi) is 4.45. The zero-order chi connectivity index (χ0) is 14.8. The van der Waals surface area contributed by atoms with Gasteiger partial charge in [0.1, 0.15) is 10.7 Å². The first kappa shape index (κ1) is 14.8. The molecule has 2 atom stereocenters. The smallest absolute Gasteiger partial charge is 0.123 e. The van der Waals surface area contributed by atoms with Gasteiger partial charge >= 0.3 is 0 Å². The first-order valence-corrected chi connectivity index (χ1v) is 8.30. The molecule has 0 bridgehead atoms. The van der Waals surface area contributed by atoms with Crippen molar-refractivity contribution in [1.82, 2.24) is 4.90 Å². The second-order valence-electron chi connectivity index (χ2n) is 6.26. The fourth-order valence-electron chi connectivity index (χ4n) is 3.97. The number of methoxy groups -OCH3 is 1. The van der Waals surface area contributed by atoms with Crippen LogP contribution >= 0.6 is 12.2 Å². The fraction of sp³-hybridized carbons (Fsp3) is 0.588. The van der Waals surface area contributed by atoms with Gasteiger partial charge in [-0.3, -0.25) is 4.90 Å². The second-order valence-corrected chi connectivity index (χ2v) is 6.70. The standard InChI is InChI=1S/C17H24N2OS/c1-20-16-7-6-13(17(18)21)10-14(16)11-19-9-8-12-4-2-3-5-15(12)19/h6-7,10,12,15H,2-5,8-9,11H2,1H3,(H2,18,21). The molecule has 3 nitrogen and oxygen atoms in total. The molecule has 21 heavy (non-hydrogen) atoms. The molecule has 114 valence electrons. The van der Waals surface area contributed by atoms with Gasteiger partial charge in [0.05, 0.1) is 7.11 Å². The zero-order valence-electron chi connectivity index (χ0n) is 12.7. The van der Waals surface area contributed by atoms with Gasteiger partial charge in [0.2, 0.25) is 0 Å². The van der Waals surface area contributed by atoms with Crippen LogP contribution in [0.4, 0.5) is 0 Å². The van der Waals surface area contributed by atoms with Crippen molar-refractivity contribution in [2.45, 2.75) is 44.7 Å². The molecule has 0 radical (unpaired) electrons. The molecular weight excluding hydrogens is 280 g/mol. The van der Waals surface area contributed by atoms with E-state index in [-0.39, 0.29) is 0 Å². The van der Waals surface area contributed by atoms with E-state index in [1.807, 2.05) is 12.1 Å². The van der Waals surface area contributed by atoms with Crippen LogP contribution in [0.3, 0.4) is 0 Å². The first-order chi connectivity index (χ1) is 10.2. The zero-order valence-corrected chi connectivity index (χ0v) is 13.5. The number of hydrogen-bond donors (Lipinski definition) is 1. The van der Waals surface area contributed by atoms with E-state index in [0.29, 0.717) is 4.99 Å². The minimum atomic E-state index is 0.455. The van der Waals surface area contributed by atoms with Crippen LogP contribution in [0.1, 0.15) is 43.2 Å². The van der Waals surface area contributed by atoms with Gasteiger partial charge < -0.3 is 10.5 Å². The summed E-state index contributed by atoms with van der Waals surface area (Å²) in [7, 11) is 1.73. The maximum atomic E-state index is 5.77. The Labute approximate surface area is 132 Å². The summed E-state index contributed by atoms with van der Waals surface area (Å²) in [4.78, 5) is 3.08. The van der Waals surface area contributed by atoms with Gasteiger partial charge in [0.25, 0.3) is 0 Å². The summed E-state index contributed by atoms with van der Waals surface area (Å²) < 4.78 is 5.52. The molecule has 1 saturated carbocycles. The molecule has 0 spiro atoms. The first-order valence-electron chi connectivity index (χ1n) is 7.90. The molecule has 2 unspecified atom stereocenters. The molecule has 2 N–H and O–H groups in total. The predicted molar refractivity (Wildman–Crippen MR) is 89.7 cm³/mol. The largest absolute Gasteiger partial charge is 0.496 e. The summed E-state index contributed by atoms with van der Waals surface area (Å²) in [6.07, 6.45) is 6.89. The van der Waals surface area contributed by atoms with E-state index in [2.05, 4.69) is 11.0 Å². The summed E-state index contributed by atoms with van der Waals surface area (Å²) in [5, 5.41) is 0. The van der Waals surface area contributed by atoms with E-state index in [0.717, 1.165) is 29.8 Å². The van der Waals surface area contributed by atoms with Crippen molar-refractivity contribution < 1.29 is 4.74 Å². The number of nitrogens with zero attached hydrogens (tertiary/aromatic N) is 1. The summed E-state index contributed by atoms with van der Waals surface area (Å²) in [6, 6.07) is 6.78. The van der Waals surface area contributed by atoms with E-state index in [4.69, 9.17) is 22.7 Å². The Morgan fingerprint density at radius 3 is 2.90 bits per heavy atom. The van der Waals surface area contributed by atoms with E-state index in [9.17, 15) is 0 Å². The molecule has 1 aliphatic carbocycles. The minimum absolute atomic E-state index is 0.455. The third kappa shape index (κ3) is 3.06. The van der Waals surface area contributed by atoms with Gasteiger partial charge in [-0.25, -0.2) is 0 Å². The van der Waals surface area contributed by atoms with Gasteiger partial charge in [0.15, 0.2) is 0 Å². The lowest BCUT2D eigenvalue weighted by Gasteiger charge is -2.32. The quantitative estimate of drug-likeness (QED) is 0.868. The number of nitrogens with two attached hydrogens (primary N) is 1. The predicted octanol–water partition coefficient (Wildman–Crippen LogP) is 3.09. The molecule has 2 aliphatic rings. The molecule has 3 rings (SSSR count). The van der Waals surface area contributed by atoms with Crippen LogP contribution in [0.2, 0.25) is 0 Å². The third-order valence-electron chi connectivity index (χ3n) is 5.06. The van der Waals surface area contributed by atoms with Gasteiger partial charge in [-0.2, -0.15) is 0 Å². The Balaban J connectivity index is 1.80. The van der Waals surface area contributed by atoms with Crippen LogP contribution in [0.15, 0.2) is 18.2 Å². The van der Waals surface area contributed by atoms with Gasteiger partial charge in [0, 0.05) is 23.7 Å². The highest BCUT2D eigenvalue weighted by Gasteiger charge is 2.35. The van der Waals surface area contributed by atoms with Gasteiger partial charge in [-0.1, -0.05) is 25.1 Å². The summed E-state index contributed by atoms with van der Waals surface area (Å²) in [5.41, 5.74) is 7.90. The molecule has 1 aliphatic heterocycles. The van der Waals surface area contributed by atoms with Crippen LogP contribution in [0.25, 0.3) is 0 Å². The van der Waals surface area contributed by atoms with Crippen LogP contribution in [-0.4, -0.2) is 29.6 Å². The average molecular weight is 304 g/mol. The maximum Gasteiger partial charge on any atom is 0.123 e. The van der Waals surface area contributed by atoms with Crippen molar-refractivity contribution in [3.63, 3.8) is 0 Å². The molecule has 1 saturated heterocycles. The molecule has 1 aromatic carbocycles. The molecule has 0 aromatic heterocycles. The van der Waals surface area contributed by atoms with E-state index in [1.54, 1.807) is 7.11 Å². The summed E-state index contributed by atoms with van der Waals surface area (Å²) in [6.45, 7) is 2.15. The van der Waals surface area contributed by atoms with Crippen LogP contribution in [-0.2, 0) is 6.54 Å². The lowest BCUT2D eigenvalue weighted by Crippen LogP contribution is -2.34. The van der Waals surface area contributed by atoms with Crippen molar-refractivity contribution in [1.29, 1.82) is 0 Å². The summed E-state index contributed by atoms with van der Waals surface area (Å²) in [5.74, 6) is 1.85. The van der Waals surface area contributed by atoms with Crippen LogP contribution in [0.5, 0.6) is 5.75 Å².